The maximum absolute atomic E-state index is 13.8. The fraction of sp³-hybridized carbons (Fsp3) is 0.310. The van der Waals surface area contributed by atoms with E-state index in [1.165, 1.54) is 12.1 Å². The van der Waals surface area contributed by atoms with E-state index in [2.05, 4.69) is 5.32 Å². The van der Waals surface area contributed by atoms with Gasteiger partial charge in [0.05, 0.1) is 6.10 Å². The van der Waals surface area contributed by atoms with Gasteiger partial charge in [0.15, 0.2) is 0 Å². The summed E-state index contributed by atoms with van der Waals surface area (Å²) in [6.45, 7) is 4.87. The summed E-state index contributed by atoms with van der Waals surface area (Å²) in [6.07, 6.45) is 2.45. The molecule has 0 spiro atoms. The van der Waals surface area contributed by atoms with Crippen molar-refractivity contribution in [1.82, 2.24) is 10.2 Å². The van der Waals surface area contributed by atoms with Crippen LogP contribution in [0.15, 0.2) is 72.8 Å². The number of nitrogens with zero attached hydrogens (tertiary/aromatic N) is 1. The predicted octanol–water partition coefficient (Wildman–Crippen LogP) is 5.59. The van der Waals surface area contributed by atoms with E-state index in [0.717, 1.165) is 35.3 Å². The van der Waals surface area contributed by atoms with Crippen LogP contribution in [0.1, 0.15) is 49.0 Å². The molecular formula is C29H31FN2O3. The second-order valence-electron chi connectivity index (χ2n) is 9.13. The second-order valence-corrected chi connectivity index (χ2v) is 9.13. The Hall–Kier alpha value is -3.67. The summed E-state index contributed by atoms with van der Waals surface area (Å²) in [5.74, 6) is 0.126. The highest BCUT2D eigenvalue weighted by Crippen LogP contribution is 2.25. The first-order chi connectivity index (χ1) is 16.9. The summed E-state index contributed by atoms with van der Waals surface area (Å²) in [7, 11) is 0. The summed E-state index contributed by atoms with van der Waals surface area (Å²) >= 11 is 0. The van der Waals surface area contributed by atoms with E-state index in [1.54, 1.807) is 29.2 Å². The molecule has 3 aromatic carbocycles. The molecule has 1 atom stereocenters. The van der Waals surface area contributed by atoms with Gasteiger partial charge in [-0.25, -0.2) is 4.39 Å². The van der Waals surface area contributed by atoms with Crippen molar-refractivity contribution in [2.75, 3.05) is 6.54 Å². The van der Waals surface area contributed by atoms with E-state index in [0.29, 0.717) is 25.1 Å². The molecular weight excluding hydrogens is 443 g/mol. The number of hydrogen-bond donors (Lipinski definition) is 1. The summed E-state index contributed by atoms with van der Waals surface area (Å²) in [6, 6.07) is 20.5. The molecule has 1 aliphatic rings. The zero-order valence-corrected chi connectivity index (χ0v) is 20.2. The van der Waals surface area contributed by atoms with E-state index >= 15 is 0 Å². The summed E-state index contributed by atoms with van der Waals surface area (Å²) in [4.78, 5) is 28.4. The van der Waals surface area contributed by atoms with E-state index < -0.39 is 6.04 Å². The normalized spacial score (nSPS) is 15.9. The monoisotopic (exact) mass is 474 g/mol. The highest BCUT2D eigenvalue weighted by atomic mass is 19.1. The van der Waals surface area contributed by atoms with Crippen molar-refractivity contribution in [3.05, 3.63) is 89.7 Å². The third kappa shape index (κ3) is 6.27. The highest BCUT2D eigenvalue weighted by molar-refractivity contribution is 5.98. The van der Waals surface area contributed by atoms with Crippen LogP contribution in [0.2, 0.25) is 0 Å². The van der Waals surface area contributed by atoms with Gasteiger partial charge < -0.3 is 15.0 Å². The van der Waals surface area contributed by atoms with Crippen LogP contribution in [-0.2, 0) is 11.3 Å². The Balaban J connectivity index is 1.64. The van der Waals surface area contributed by atoms with Gasteiger partial charge in [-0.3, -0.25) is 9.59 Å². The topological polar surface area (TPSA) is 58.6 Å². The zero-order chi connectivity index (χ0) is 24.8. The van der Waals surface area contributed by atoms with Gasteiger partial charge in [-0.15, -0.1) is 0 Å². The van der Waals surface area contributed by atoms with Crippen LogP contribution in [0.4, 0.5) is 4.39 Å². The third-order valence-electron chi connectivity index (χ3n) is 6.08. The highest BCUT2D eigenvalue weighted by Gasteiger charge is 2.31. The van der Waals surface area contributed by atoms with Crippen molar-refractivity contribution in [3.63, 3.8) is 0 Å². The largest absolute Gasteiger partial charge is 0.491 e. The number of halogens is 1. The fourth-order valence-corrected chi connectivity index (χ4v) is 4.33. The average Bonchev–Trinajstić information content (AvgIpc) is 3.07. The molecule has 4 rings (SSSR count). The molecule has 3 aromatic rings. The van der Waals surface area contributed by atoms with Crippen molar-refractivity contribution in [1.29, 1.82) is 0 Å². The number of hydrogen-bond acceptors (Lipinski definition) is 3. The minimum absolute atomic E-state index is 0.0713. The van der Waals surface area contributed by atoms with E-state index in [1.807, 2.05) is 50.2 Å². The number of amides is 2. The molecule has 1 aliphatic heterocycles. The van der Waals surface area contributed by atoms with Crippen LogP contribution in [0.3, 0.4) is 0 Å². The van der Waals surface area contributed by atoms with E-state index in [-0.39, 0.29) is 23.7 Å². The Morgan fingerprint density at radius 1 is 1.03 bits per heavy atom. The Kier molecular flexibility index (Phi) is 7.80. The van der Waals surface area contributed by atoms with Gasteiger partial charge >= 0.3 is 0 Å². The zero-order valence-electron chi connectivity index (χ0n) is 20.2. The van der Waals surface area contributed by atoms with Gasteiger partial charge in [0.2, 0.25) is 5.91 Å². The first-order valence-corrected chi connectivity index (χ1v) is 12.1. The van der Waals surface area contributed by atoms with Crippen molar-refractivity contribution in [2.45, 2.75) is 51.8 Å². The van der Waals surface area contributed by atoms with E-state index in [9.17, 15) is 14.0 Å². The predicted molar refractivity (Wildman–Crippen MR) is 135 cm³/mol. The number of nitrogens with one attached hydrogen (secondary N) is 1. The molecule has 1 heterocycles. The quantitative estimate of drug-likeness (QED) is 0.486. The summed E-state index contributed by atoms with van der Waals surface area (Å²) in [5.41, 5.74) is 3.04. The molecule has 0 aromatic heterocycles. The standard InChI is InChI=1S/C29H31FN2O3/c1-20(2)35-26-15-9-21(10-16-26)19-32(27-8-3-4-17-31-28(27)33)29(34)24-7-5-6-23(18-24)22-11-13-25(30)14-12-22/h5-7,9-16,18,20,27H,3-4,8,17,19H2,1-2H3,(H,31,33)/t27-/m0/s1. The number of ether oxygens (including phenoxy) is 1. The smallest absolute Gasteiger partial charge is 0.254 e. The third-order valence-corrected chi connectivity index (χ3v) is 6.08. The maximum atomic E-state index is 13.8. The SMILES string of the molecule is CC(C)Oc1ccc(CN(C(=O)c2cccc(-c3ccc(F)cc3)c2)[C@H]2CCCCNC2=O)cc1. The molecule has 0 unspecified atom stereocenters. The van der Waals surface area contributed by atoms with Crippen molar-refractivity contribution in [2.24, 2.45) is 0 Å². The molecule has 2 amide bonds. The molecule has 5 nitrogen and oxygen atoms in total. The first kappa shape index (κ1) is 24.5. The van der Waals surface area contributed by atoms with Gasteiger partial charge in [0, 0.05) is 18.7 Å². The van der Waals surface area contributed by atoms with Crippen LogP contribution in [-0.4, -0.2) is 35.4 Å². The van der Waals surface area contributed by atoms with Crippen molar-refractivity contribution < 1.29 is 18.7 Å². The average molecular weight is 475 g/mol. The van der Waals surface area contributed by atoms with Crippen LogP contribution >= 0.6 is 0 Å². The number of carbonyl (C=O) groups excluding carboxylic acids is 2. The molecule has 182 valence electrons. The van der Waals surface area contributed by atoms with Gasteiger partial charge in [0.25, 0.3) is 5.91 Å². The molecule has 6 heteroatoms. The minimum atomic E-state index is -0.550. The molecule has 0 bridgehead atoms. The van der Waals surface area contributed by atoms with Crippen molar-refractivity contribution >= 4 is 11.8 Å². The van der Waals surface area contributed by atoms with Gasteiger partial charge in [0.1, 0.15) is 17.6 Å². The Morgan fingerprint density at radius 2 is 1.77 bits per heavy atom. The maximum Gasteiger partial charge on any atom is 0.254 e. The Labute approximate surface area is 205 Å². The lowest BCUT2D eigenvalue weighted by atomic mass is 10.0. The molecule has 0 aliphatic carbocycles. The Bertz CT molecular complexity index is 1160. The van der Waals surface area contributed by atoms with Gasteiger partial charge in [-0.2, -0.15) is 0 Å². The fourth-order valence-electron chi connectivity index (χ4n) is 4.33. The van der Waals surface area contributed by atoms with Crippen LogP contribution in [0.5, 0.6) is 5.75 Å². The lowest BCUT2D eigenvalue weighted by Crippen LogP contribution is -2.48. The minimum Gasteiger partial charge on any atom is -0.491 e. The van der Waals surface area contributed by atoms with Crippen LogP contribution < -0.4 is 10.1 Å². The van der Waals surface area contributed by atoms with Gasteiger partial charge in [-0.1, -0.05) is 36.4 Å². The molecule has 1 fully saturated rings. The molecule has 0 radical (unpaired) electrons. The molecule has 0 saturated carbocycles. The van der Waals surface area contributed by atoms with E-state index in [4.69, 9.17) is 4.74 Å². The first-order valence-electron chi connectivity index (χ1n) is 12.1. The molecule has 1 saturated heterocycles. The number of benzene rings is 3. The molecule has 1 N–H and O–H groups in total. The number of carbonyl (C=O) groups is 2. The van der Waals surface area contributed by atoms with Gasteiger partial charge in [-0.05, 0) is 86.2 Å². The summed E-state index contributed by atoms with van der Waals surface area (Å²) in [5, 5.41) is 2.95. The second kappa shape index (κ2) is 11.2. The Morgan fingerprint density at radius 3 is 2.49 bits per heavy atom. The van der Waals surface area contributed by atoms with Crippen LogP contribution in [0, 0.1) is 5.82 Å². The summed E-state index contributed by atoms with van der Waals surface area (Å²) < 4.78 is 19.1. The van der Waals surface area contributed by atoms with Crippen LogP contribution in [0.25, 0.3) is 11.1 Å². The lowest BCUT2D eigenvalue weighted by molar-refractivity contribution is -0.125. The van der Waals surface area contributed by atoms with Crippen molar-refractivity contribution in [3.8, 4) is 16.9 Å². The number of rotatable bonds is 7. The molecule has 35 heavy (non-hydrogen) atoms. The lowest BCUT2D eigenvalue weighted by Gasteiger charge is -2.30.